The second-order valence-corrected chi connectivity index (χ2v) is 5.34. The summed E-state index contributed by atoms with van der Waals surface area (Å²) in [4.78, 5) is 16.2. The van der Waals surface area contributed by atoms with E-state index in [4.69, 9.17) is 4.74 Å². The van der Waals surface area contributed by atoms with Gasteiger partial charge < -0.3 is 15.4 Å². The molecule has 0 atom stereocenters. The molecule has 1 amide bonds. The zero-order valence-electron chi connectivity index (χ0n) is 13.8. The molecule has 0 aliphatic rings. The fraction of sp³-hybridized carbons (Fsp3) is 0.0526. The van der Waals surface area contributed by atoms with E-state index in [0.717, 1.165) is 17.8 Å². The maximum absolute atomic E-state index is 13.2. The first kappa shape index (κ1) is 17.3. The quantitative estimate of drug-likeness (QED) is 0.714. The van der Waals surface area contributed by atoms with Crippen molar-refractivity contribution >= 4 is 23.0 Å². The average molecular weight is 355 g/mol. The molecule has 0 radical (unpaired) electrons. The highest BCUT2D eigenvalue weighted by Crippen LogP contribution is 2.26. The van der Waals surface area contributed by atoms with E-state index in [9.17, 15) is 13.6 Å². The zero-order valence-corrected chi connectivity index (χ0v) is 13.8. The van der Waals surface area contributed by atoms with Gasteiger partial charge >= 0.3 is 0 Å². The molecule has 1 aromatic heterocycles. The number of nitrogens with one attached hydrogen (secondary N) is 2. The monoisotopic (exact) mass is 355 g/mol. The van der Waals surface area contributed by atoms with Crippen LogP contribution in [0.3, 0.4) is 0 Å². The summed E-state index contributed by atoms with van der Waals surface area (Å²) in [5.74, 6) is -1.87. The Kier molecular flexibility index (Phi) is 5.07. The molecule has 0 unspecified atom stereocenters. The Morgan fingerprint density at radius 3 is 2.46 bits per heavy atom. The minimum absolute atomic E-state index is 0.139. The van der Waals surface area contributed by atoms with Crippen molar-refractivity contribution in [1.82, 2.24) is 4.98 Å². The van der Waals surface area contributed by atoms with Gasteiger partial charge in [-0.05, 0) is 36.4 Å². The number of para-hydroxylation sites is 2. The van der Waals surface area contributed by atoms with E-state index in [1.54, 1.807) is 13.2 Å². The van der Waals surface area contributed by atoms with Crippen molar-refractivity contribution in [3.8, 4) is 5.75 Å². The van der Waals surface area contributed by atoms with Gasteiger partial charge in [-0.15, -0.1) is 0 Å². The van der Waals surface area contributed by atoms with Gasteiger partial charge in [0.25, 0.3) is 5.91 Å². The molecule has 2 aromatic carbocycles. The van der Waals surface area contributed by atoms with Crippen LogP contribution in [0.25, 0.3) is 0 Å². The van der Waals surface area contributed by atoms with E-state index >= 15 is 0 Å². The molecule has 0 saturated carbocycles. The standard InChI is InChI=1S/C19H15F2N3O2/c1-26-18-5-3-2-4-16(18)23-13-7-9-17(22-11-13)19(25)24-12-6-8-14(20)15(21)10-12/h2-11,23H,1H3,(H,24,25). The van der Waals surface area contributed by atoms with Crippen LogP contribution >= 0.6 is 0 Å². The van der Waals surface area contributed by atoms with E-state index in [2.05, 4.69) is 15.6 Å². The smallest absolute Gasteiger partial charge is 0.274 e. The van der Waals surface area contributed by atoms with Crippen molar-refractivity contribution in [2.75, 3.05) is 17.7 Å². The number of amides is 1. The lowest BCUT2D eigenvalue weighted by Gasteiger charge is -2.11. The summed E-state index contributed by atoms with van der Waals surface area (Å²) in [6, 6.07) is 13.7. The van der Waals surface area contributed by atoms with Crippen LogP contribution in [0.4, 0.5) is 25.8 Å². The number of hydrogen-bond donors (Lipinski definition) is 2. The van der Waals surface area contributed by atoms with Gasteiger partial charge in [-0.25, -0.2) is 13.8 Å². The lowest BCUT2D eigenvalue weighted by Crippen LogP contribution is -2.13. The summed E-state index contributed by atoms with van der Waals surface area (Å²) in [6.07, 6.45) is 1.49. The van der Waals surface area contributed by atoms with Crippen LogP contribution in [0.1, 0.15) is 10.5 Å². The molecule has 132 valence electrons. The Morgan fingerprint density at radius 1 is 1.00 bits per heavy atom. The molecule has 0 spiro atoms. The number of pyridine rings is 1. The highest BCUT2D eigenvalue weighted by atomic mass is 19.2. The highest BCUT2D eigenvalue weighted by molar-refractivity contribution is 6.02. The SMILES string of the molecule is COc1ccccc1Nc1ccc(C(=O)Nc2ccc(F)c(F)c2)nc1. The van der Waals surface area contributed by atoms with E-state index in [1.807, 2.05) is 24.3 Å². The lowest BCUT2D eigenvalue weighted by atomic mass is 10.2. The first-order valence-corrected chi connectivity index (χ1v) is 7.69. The molecule has 3 aromatic rings. The predicted octanol–water partition coefficient (Wildman–Crippen LogP) is 4.36. The number of anilines is 3. The number of carbonyl (C=O) groups is 1. The van der Waals surface area contributed by atoms with Gasteiger partial charge in [-0.3, -0.25) is 4.79 Å². The minimum atomic E-state index is -1.04. The molecule has 3 rings (SSSR count). The van der Waals surface area contributed by atoms with Crippen LogP contribution in [0, 0.1) is 11.6 Å². The molecule has 7 heteroatoms. The molecule has 0 aliphatic carbocycles. The molecule has 1 heterocycles. The summed E-state index contributed by atoms with van der Waals surface area (Å²) < 4.78 is 31.4. The first-order valence-electron chi connectivity index (χ1n) is 7.69. The summed E-state index contributed by atoms with van der Waals surface area (Å²) in [6.45, 7) is 0. The van der Waals surface area contributed by atoms with Crippen LogP contribution in [-0.4, -0.2) is 18.0 Å². The van der Waals surface area contributed by atoms with Crippen molar-refractivity contribution in [3.05, 3.63) is 78.1 Å². The topological polar surface area (TPSA) is 63.2 Å². The summed E-state index contributed by atoms with van der Waals surface area (Å²) in [5.41, 5.74) is 1.71. The third kappa shape index (κ3) is 3.94. The van der Waals surface area contributed by atoms with Crippen molar-refractivity contribution in [2.24, 2.45) is 0 Å². The number of carbonyl (C=O) groups excluding carboxylic acids is 1. The van der Waals surface area contributed by atoms with Crippen LogP contribution in [0.15, 0.2) is 60.8 Å². The number of benzene rings is 2. The molecule has 5 nitrogen and oxygen atoms in total. The maximum atomic E-state index is 13.2. The van der Waals surface area contributed by atoms with Gasteiger partial charge in [0.1, 0.15) is 11.4 Å². The number of nitrogens with zero attached hydrogens (tertiary/aromatic N) is 1. The van der Waals surface area contributed by atoms with Crippen molar-refractivity contribution in [3.63, 3.8) is 0 Å². The van der Waals surface area contributed by atoms with Gasteiger partial charge in [-0.1, -0.05) is 12.1 Å². The molecule has 26 heavy (non-hydrogen) atoms. The Morgan fingerprint density at radius 2 is 1.77 bits per heavy atom. The Bertz CT molecular complexity index is 930. The number of ether oxygens (including phenoxy) is 1. The molecular weight excluding hydrogens is 340 g/mol. The maximum Gasteiger partial charge on any atom is 0.274 e. The number of halogens is 2. The zero-order chi connectivity index (χ0) is 18.5. The molecule has 0 aliphatic heterocycles. The molecular formula is C19H15F2N3O2. The molecule has 0 bridgehead atoms. The fourth-order valence-corrected chi connectivity index (χ4v) is 2.27. The van der Waals surface area contributed by atoms with Crippen LogP contribution in [-0.2, 0) is 0 Å². The van der Waals surface area contributed by atoms with Gasteiger partial charge in [-0.2, -0.15) is 0 Å². The normalized spacial score (nSPS) is 10.3. The Labute approximate surface area is 148 Å². The van der Waals surface area contributed by atoms with Gasteiger partial charge in [0.2, 0.25) is 0 Å². The van der Waals surface area contributed by atoms with E-state index < -0.39 is 17.5 Å². The van der Waals surface area contributed by atoms with Gasteiger partial charge in [0, 0.05) is 11.8 Å². The van der Waals surface area contributed by atoms with Crippen molar-refractivity contribution in [1.29, 1.82) is 0 Å². The molecule has 0 saturated heterocycles. The van der Waals surface area contributed by atoms with Crippen LogP contribution < -0.4 is 15.4 Å². The minimum Gasteiger partial charge on any atom is -0.495 e. The number of methoxy groups -OCH3 is 1. The van der Waals surface area contributed by atoms with Crippen LogP contribution in [0.5, 0.6) is 5.75 Å². The van der Waals surface area contributed by atoms with E-state index in [1.165, 1.54) is 18.3 Å². The largest absolute Gasteiger partial charge is 0.495 e. The summed E-state index contributed by atoms with van der Waals surface area (Å²) in [5, 5.41) is 5.61. The third-order valence-electron chi connectivity index (χ3n) is 3.56. The van der Waals surface area contributed by atoms with Crippen molar-refractivity contribution < 1.29 is 18.3 Å². The third-order valence-corrected chi connectivity index (χ3v) is 3.56. The van der Waals surface area contributed by atoms with E-state index in [0.29, 0.717) is 11.4 Å². The molecule has 2 N–H and O–H groups in total. The van der Waals surface area contributed by atoms with Gasteiger partial charge in [0.15, 0.2) is 11.6 Å². The predicted molar refractivity (Wildman–Crippen MR) is 94.8 cm³/mol. The number of rotatable bonds is 5. The highest BCUT2D eigenvalue weighted by Gasteiger charge is 2.10. The second kappa shape index (κ2) is 7.60. The Hall–Kier alpha value is -3.48. The first-order chi connectivity index (χ1) is 12.6. The van der Waals surface area contributed by atoms with Gasteiger partial charge in [0.05, 0.1) is 24.7 Å². The average Bonchev–Trinajstić information content (AvgIpc) is 2.66. The fourth-order valence-electron chi connectivity index (χ4n) is 2.27. The lowest BCUT2D eigenvalue weighted by molar-refractivity contribution is 0.102. The number of hydrogen-bond acceptors (Lipinski definition) is 4. The van der Waals surface area contributed by atoms with E-state index in [-0.39, 0.29) is 11.4 Å². The molecule has 0 fully saturated rings. The van der Waals surface area contributed by atoms with Crippen LogP contribution in [0.2, 0.25) is 0 Å². The van der Waals surface area contributed by atoms with Crippen molar-refractivity contribution in [2.45, 2.75) is 0 Å². The summed E-state index contributed by atoms with van der Waals surface area (Å²) >= 11 is 0. The summed E-state index contributed by atoms with van der Waals surface area (Å²) in [7, 11) is 1.57. The second-order valence-electron chi connectivity index (χ2n) is 5.34. The number of aromatic nitrogens is 1. The Balaban J connectivity index is 1.70.